The fourth-order valence-electron chi connectivity index (χ4n) is 1.96. The van der Waals surface area contributed by atoms with Crippen LogP contribution in [0.5, 0.6) is 0 Å². The van der Waals surface area contributed by atoms with E-state index in [4.69, 9.17) is 0 Å². The molecule has 4 nitrogen and oxygen atoms in total. The molecule has 2 N–H and O–H groups in total. The minimum Gasteiger partial charge on any atom is -0.394 e. The van der Waals surface area contributed by atoms with Crippen LogP contribution in [-0.4, -0.2) is 39.0 Å². The molecule has 1 aromatic heterocycles. The van der Waals surface area contributed by atoms with Gasteiger partial charge in [-0.1, -0.05) is 25.6 Å². The summed E-state index contributed by atoms with van der Waals surface area (Å²) < 4.78 is 0. The second-order valence-electron chi connectivity index (χ2n) is 5.26. The second kappa shape index (κ2) is 7.82. The maximum Gasteiger partial charge on any atom is 0.187 e. The Morgan fingerprint density at radius 1 is 1.53 bits per heavy atom. The van der Waals surface area contributed by atoms with Crippen molar-refractivity contribution in [3.63, 3.8) is 0 Å². The molecule has 0 saturated heterocycles. The summed E-state index contributed by atoms with van der Waals surface area (Å²) in [5.41, 5.74) is 0.755. The highest BCUT2D eigenvalue weighted by Crippen LogP contribution is 2.26. The molecule has 2 atom stereocenters. The topological polar surface area (TPSA) is 58.0 Å². The Labute approximate surface area is 120 Å². The van der Waals surface area contributed by atoms with Crippen molar-refractivity contribution in [1.82, 2.24) is 15.3 Å². The number of hydrogen-bond donors (Lipinski definition) is 2. The number of nitrogens with zero attached hydrogens (tertiary/aromatic N) is 2. The summed E-state index contributed by atoms with van der Waals surface area (Å²) in [6, 6.07) is 1.90. The fraction of sp³-hybridized carbons (Fsp3) is 0.714. The molecular formula is C14H25N3OS. The van der Waals surface area contributed by atoms with Crippen molar-refractivity contribution in [2.75, 3.05) is 13.2 Å². The molecule has 0 bridgehead atoms. The molecule has 1 heterocycles. The van der Waals surface area contributed by atoms with E-state index in [2.05, 4.69) is 36.1 Å². The SMILES string of the molecule is CCCNC(C)(CO)CC(C)Sc1nccc(C)n1. The maximum atomic E-state index is 9.57. The average Bonchev–Trinajstić information content (AvgIpc) is 2.36. The van der Waals surface area contributed by atoms with E-state index in [0.717, 1.165) is 30.2 Å². The highest BCUT2D eigenvalue weighted by atomic mass is 32.2. The van der Waals surface area contributed by atoms with Gasteiger partial charge in [0, 0.05) is 22.7 Å². The van der Waals surface area contributed by atoms with Crippen LogP contribution in [0.2, 0.25) is 0 Å². The summed E-state index contributed by atoms with van der Waals surface area (Å²) in [6.45, 7) is 9.39. The van der Waals surface area contributed by atoms with Crippen LogP contribution in [0.25, 0.3) is 0 Å². The van der Waals surface area contributed by atoms with Crippen LogP contribution >= 0.6 is 11.8 Å². The highest BCUT2D eigenvalue weighted by molar-refractivity contribution is 7.99. The van der Waals surface area contributed by atoms with Crippen molar-refractivity contribution in [3.05, 3.63) is 18.0 Å². The summed E-state index contributed by atoms with van der Waals surface area (Å²) in [4.78, 5) is 8.67. The molecule has 0 radical (unpaired) electrons. The Morgan fingerprint density at radius 2 is 2.26 bits per heavy atom. The lowest BCUT2D eigenvalue weighted by molar-refractivity contribution is 0.166. The van der Waals surface area contributed by atoms with Gasteiger partial charge in [-0.15, -0.1) is 0 Å². The van der Waals surface area contributed by atoms with Crippen LogP contribution in [0.15, 0.2) is 17.4 Å². The summed E-state index contributed by atoms with van der Waals surface area (Å²) in [5.74, 6) is 0. The van der Waals surface area contributed by atoms with Gasteiger partial charge < -0.3 is 10.4 Å². The summed E-state index contributed by atoms with van der Waals surface area (Å²) >= 11 is 1.66. The van der Waals surface area contributed by atoms with Crippen molar-refractivity contribution in [2.45, 2.75) is 56.5 Å². The predicted octanol–water partition coefficient (Wildman–Crippen LogP) is 2.41. The molecule has 0 aliphatic carbocycles. The number of aliphatic hydroxyl groups excluding tert-OH is 1. The average molecular weight is 283 g/mol. The van der Waals surface area contributed by atoms with Crippen molar-refractivity contribution >= 4 is 11.8 Å². The first kappa shape index (κ1) is 16.4. The van der Waals surface area contributed by atoms with Crippen LogP contribution in [0, 0.1) is 6.92 Å². The molecule has 5 heteroatoms. The Balaban J connectivity index is 2.55. The number of aromatic nitrogens is 2. The maximum absolute atomic E-state index is 9.57. The minimum absolute atomic E-state index is 0.145. The molecule has 0 aliphatic rings. The van der Waals surface area contributed by atoms with Gasteiger partial charge >= 0.3 is 0 Å². The first-order valence-electron chi connectivity index (χ1n) is 6.81. The summed E-state index contributed by atoms with van der Waals surface area (Å²) in [7, 11) is 0. The van der Waals surface area contributed by atoms with Gasteiger partial charge in [0.2, 0.25) is 0 Å². The first-order chi connectivity index (χ1) is 8.99. The monoisotopic (exact) mass is 283 g/mol. The Hall–Kier alpha value is -0.650. The molecular weight excluding hydrogens is 258 g/mol. The molecule has 0 fully saturated rings. The molecule has 0 spiro atoms. The van der Waals surface area contributed by atoms with Crippen molar-refractivity contribution in [3.8, 4) is 0 Å². The lowest BCUT2D eigenvalue weighted by Crippen LogP contribution is -2.47. The van der Waals surface area contributed by atoms with Gasteiger partial charge in [-0.05, 0) is 39.3 Å². The lowest BCUT2D eigenvalue weighted by atomic mass is 9.97. The quantitative estimate of drug-likeness (QED) is 0.567. The third-order valence-electron chi connectivity index (χ3n) is 2.97. The Morgan fingerprint density at radius 3 is 2.84 bits per heavy atom. The summed E-state index contributed by atoms with van der Waals surface area (Å²) in [5, 5.41) is 14.1. The fourth-order valence-corrected chi connectivity index (χ4v) is 3.09. The van der Waals surface area contributed by atoms with E-state index in [1.165, 1.54) is 0 Å². The standard InChI is InChI=1S/C14H25N3OS/c1-5-7-16-14(4,10-18)9-12(3)19-13-15-8-6-11(2)17-13/h6,8,12,16,18H,5,7,9-10H2,1-4H3. The van der Waals surface area contributed by atoms with E-state index >= 15 is 0 Å². The smallest absolute Gasteiger partial charge is 0.187 e. The molecule has 1 rings (SSSR count). The van der Waals surface area contributed by atoms with Gasteiger partial charge in [0.25, 0.3) is 0 Å². The van der Waals surface area contributed by atoms with Crippen LogP contribution in [0.1, 0.15) is 39.3 Å². The molecule has 0 amide bonds. The number of nitrogens with one attached hydrogen (secondary N) is 1. The van der Waals surface area contributed by atoms with Gasteiger partial charge in [0.05, 0.1) is 6.61 Å². The van der Waals surface area contributed by atoms with Crippen LogP contribution in [0.3, 0.4) is 0 Å². The number of aryl methyl sites for hydroxylation is 1. The van der Waals surface area contributed by atoms with E-state index in [1.807, 2.05) is 13.0 Å². The molecule has 0 saturated carbocycles. The first-order valence-corrected chi connectivity index (χ1v) is 7.69. The van der Waals surface area contributed by atoms with E-state index < -0.39 is 0 Å². The number of rotatable bonds is 8. The van der Waals surface area contributed by atoms with Crippen LogP contribution in [-0.2, 0) is 0 Å². The van der Waals surface area contributed by atoms with Gasteiger partial charge in [-0.2, -0.15) is 0 Å². The third-order valence-corrected chi connectivity index (χ3v) is 3.94. The molecule has 0 aromatic carbocycles. The lowest BCUT2D eigenvalue weighted by Gasteiger charge is -2.31. The van der Waals surface area contributed by atoms with Crippen molar-refractivity contribution in [2.24, 2.45) is 0 Å². The van der Waals surface area contributed by atoms with E-state index in [0.29, 0.717) is 5.25 Å². The normalized spacial score (nSPS) is 16.1. The highest BCUT2D eigenvalue weighted by Gasteiger charge is 2.25. The predicted molar refractivity (Wildman–Crippen MR) is 80.5 cm³/mol. The number of aliphatic hydroxyl groups is 1. The molecule has 19 heavy (non-hydrogen) atoms. The number of hydrogen-bond acceptors (Lipinski definition) is 5. The van der Waals surface area contributed by atoms with E-state index in [9.17, 15) is 5.11 Å². The Bertz CT molecular complexity index is 389. The third kappa shape index (κ3) is 5.89. The molecule has 0 aliphatic heterocycles. The van der Waals surface area contributed by atoms with Crippen LogP contribution in [0.4, 0.5) is 0 Å². The van der Waals surface area contributed by atoms with Crippen molar-refractivity contribution < 1.29 is 5.11 Å². The van der Waals surface area contributed by atoms with Gasteiger partial charge in [-0.25, -0.2) is 9.97 Å². The largest absolute Gasteiger partial charge is 0.394 e. The van der Waals surface area contributed by atoms with Gasteiger partial charge in [-0.3, -0.25) is 0 Å². The minimum atomic E-state index is -0.230. The molecule has 108 valence electrons. The Kier molecular flexibility index (Phi) is 6.75. The second-order valence-corrected chi connectivity index (χ2v) is 6.66. The summed E-state index contributed by atoms with van der Waals surface area (Å²) in [6.07, 6.45) is 3.74. The zero-order chi connectivity index (χ0) is 14.3. The number of thioether (sulfide) groups is 1. The van der Waals surface area contributed by atoms with Crippen LogP contribution < -0.4 is 5.32 Å². The zero-order valence-corrected chi connectivity index (χ0v) is 13.1. The van der Waals surface area contributed by atoms with E-state index in [1.54, 1.807) is 18.0 Å². The molecule has 2 unspecified atom stereocenters. The van der Waals surface area contributed by atoms with E-state index in [-0.39, 0.29) is 12.1 Å². The van der Waals surface area contributed by atoms with Gasteiger partial charge in [0.15, 0.2) is 5.16 Å². The zero-order valence-electron chi connectivity index (χ0n) is 12.3. The van der Waals surface area contributed by atoms with Gasteiger partial charge in [0.1, 0.15) is 0 Å². The molecule has 1 aromatic rings. The van der Waals surface area contributed by atoms with Crippen molar-refractivity contribution in [1.29, 1.82) is 0 Å².